The molecule has 0 radical (unpaired) electrons. The average Bonchev–Trinajstić information content (AvgIpc) is 2.92. The van der Waals surface area contributed by atoms with Crippen LogP contribution in [-0.4, -0.2) is 50.9 Å². The number of benzene rings is 3. The summed E-state index contributed by atoms with van der Waals surface area (Å²) < 4.78 is 47.7. The molecular weight excluding hydrogens is 521 g/mol. The monoisotopic (exact) mass is 555 g/mol. The van der Waals surface area contributed by atoms with Crippen LogP contribution >= 0.6 is 0 Å². The molecule has 8 nitrogen and oxygen atoms in total. The van der Waals surface area contributed by atoms with Gasteiger partial charge in [-0.2, -0.15) is 0 Å². The van der Waals surface area contributed by atoms with Crippen LogP contribution in [0.4, 0.5) is 10.1 Å². The molecule has 0 saturated heterocycles. The van der Waals surface area contributed by atoms with Crippen molar-refractivity contribution in [3.8, 4) is 5.75 Å². The van der Waals surface area contributed by atoms with Crippen molar-refractivity contribution in [3.63, 3.8) is 0 Å². The predicted octanol–water partition coefficient (Wildman–Crippen LogP) is 4.28. The fourth-order valence-electron chi connectivity index (χ4n) is 4.01. The van der Waals surface area contributed by atoms with E-state index in [0.29, 0.717) is 18.9 Å². The molecule has 208 valence electrons. The summed E-state index contributed by atoms with van der Waals surface area (Å²) in [4.78, 5) is 27.9. The number of halogens is 1. The van der Waals surface area contributed by atoms with Gasteiger partial charge in [0, 0.05) is 13.1 Å². The van der Waals surface area contributed by atoms with Gasteiger partial charge in [-0.3, -0.25) is 13.9 Å². The zero-order chi connectivity index (χ0) is 28.6. The molecule has 3 rings (SSSR count). The van der Waals surface area contributed by atoms with E-state index in [-0.39, 0.29) is 23.0 Å². The summed E-state index contributed by atoms with van der Waals surface area (Å²) in [6, 6.07) is 17.3. The molecule has 0 aromatic heterocycles. The number of nitrogens with zero attached hydrogens (tertiary/aromatic N) is 2. The van der Waals surface area contributed by atoms with Gasteiger partial charge < -0.3 is 15.0 Å². The minimum atomic E-state index is -4.26. The van der Waals surface area contributed by atoms with Crippen molar-refractivity contribution >= 4 is 27.5 Å². The fraction of sp³-hybridized carbons (Fsp3) is 0.310. The van der Waals surface area contributed by atoms with Crippen molar-refractivity contribution in [3.05, 3.63) is 89.7 Å². The van der Waals surface area contributed by atoms with E-state index in [1.807, 2.05) is 38.1 Å². The van der Waals surface area contributed by atoms with E-state index >= 15 is 0 Å². The number of sulfonamides is 1. The SMILES string of the molecule is CCNC(=O)[C@@H](C)N(Cc1ccccc1C)C(=O)CN(c1ccc(F)cc1)S(=O)(=O)c1ccc(OCC)cc1. The largest absolute Gasteiger partial charge is 0.494 e. The van der Waals surface area contributed by atoms with Gasteiger partial charge in [-0.1, -0.05) is 24.3 Å². The summed E-state index contributed by atoms with van der Waals surface area (Å²) in [5.41, 5.74) is 1.86. The van der Waals surface area contributed by atoms with E-state index in [4.69, 9.17) is 4.74 Å². The molecule has 3 aromatic rings. The lowest BCUT2D eigenvalue weighted by molar-refractivity contribution is -0.139. The quantitative estimate of drug-likeness (QED) is 0.360. The van der Waals surface area contributed by atoms with E-state index in [1.54, 1.807) is 13.8 Å². The molecule has 10 heteroatoms. The average molecular weight is 556 g/mol. The van der Waals surface area contributed by atoms with Gasteiger partial charge in [0.25, 0.3) is 10.0 Å². The zero-order valence-electron chi connectivity index (χ0n) is 22.6. The highest BCUT2D eigenvalue weighted by Gasteiger charge is 2.32. The molecular formula is C29H34FN3O5S. The summed E-state index contributed by atoms with van der Waals surface area (Å²) >= 11 is 0. The molecule has 39 heavy (non-hydrogen) atoms. The summed E-state index contributed by atoms with van der Waals surface area (Å²) in [6.07, 6.45) is 0. The first-order chi connectivity index (χ1) is 18.6. The molecule has 0 spiro atoms. The molecule has 0 aliphatic heterocycles. The Morgan fingerprint density at radius 1 is 0.974 bits per heavy atom. The van der Waals surface area contributed by atoms with Gasteiger partial charge in [-0.05, 0) is 87.4 Å². The molecule has 0 fully saturated rings. The number of carbonyl (C=O) groups is 2. The molecule has 0 heterocycles. The molecule has 0 bridgehead atoms. The number of likely N-dealkylation sites (N-methyl/N-ethyl adjacent to an activating group) is 1. The van der Waals surface area contributed by atoms with E-state index < -0.39 is 34.3 Å². The standard InChI is InChI=1S/C29H34FN3O5S/c1-5-31-29(35)22(4)32(19-23-10-8-7-9-21(23)3)28(34)20-33(25-13-11-24(30)12-14-25)39(36,37)27-17-15-26(16-18-27)38-6-2/h7-18,22H,5-6,19-20H2,1-4H3,(H,31,35)/t22-/m1/s1. The predicted molar refractivity (Wildman–Crippen MR) is 148 cm³/mol. The number of hydrogen-bond donors (Lipinski definition) is 1. The van der Waals surface area contributed by atoms with Gasteiger partial charge in [0.05, 0.1) is 17.2 Å². The van der Waals surface area contributed by atoms with Crippen LogP contribution in [0.1, 0.15) is 31.9 Å². The van der Waals surface area contributed by atoms with Crippen LogP contribution in [0.15, 0.2) is 77.7 Å². The van der Waals surface area contributed by atoms with Crippen LogP contribution < -0.4 is 14.4 Å². The Kier molecular flexibility index (Phi) is 10.1. The number of anilines is 1. The molecule has 0 aliphatic rings. The van der Waals surface area contributed by atoms with Crippen molar-refractivity contribution in [1.29, 1.82) is 0 Å². The van der Waals surface area contributed by atoms with Gasteiger partial charge in [0.1, 0.15) is 24.2 Å². The highest BCUT2D eigenvalue weighted by atomic mass is 32.2. The summed E-state index contributed by atoms with van der Waals surface area (Å²) in [7, 11) is -4.26. The lowest BCUT2D eigenvalue weighted by Gasteiger charge is -2.32. The van der Waals surface area contributed by atoms with E-state index in [1.165, 1.54) is 41.3 Å². The van der Waals surface area contributed by atoms with E-state index in [2.05, 4.69) is 5.32 Å². The fourth-order valence-corrected chi connectivity index (χ4v) is 5.43. The Bertz CT molecular complexity index is 1380. The first-order valence-corrected chi connectivity index (χ1v) is 14.1. The second-order valence-electron chi connectivity index (χ2n) is 8.91. The lowest BCUT2D eigenvalue weighted by Crippen LogP contribution is -2.51. The number of carbonyl (C=O) groups excluding carboxylic acids is 2. The highest BCUT2D eigenvalue weighted by Crippen LogP contribution is 2.26. The van der Waals surface area contributed by atoms with Crippen LogP contribution in [-0.2, 0) is 26.2 Å². The number of ether oxygens (including phenoxy) is 1. The Morgan fingerprint density at radius 3 is 2.21 bits per heavy atom. The Morgan fingerprint density at radius 2 is 1.62 bits per heavy atom. The minimum Gasteiger partial charge on any atom is -0.494 e. The molecule has 0 saturated carbocycles. The van der Waals surface area contributed by atoms with Gasteiger partial charge in [0.2, 0.25) is 11.8 Å². The minimum absolute atomic E-state index is 0.0645. The Hall–Kier alpha value is -3.92. The summed E-state index contributed by atoms with van der Waals surface area (Å²) in [6.45, 7) is 7.39. The highest BCUT2D eigenvalue weighted by molar-refractivity contribution is 7.92. The third kappa shape index (κ3) is 7.35. The second kappa shape index (κ2) is 13.2. The molecule has 3 aromatic carbocycles. The zero-order valence-corrected chi connectivity index (χ0v) is 23.4. The maximum Gasteiger partial charge on any atom is 0.264 e. The van der Waals surface area contributed by atoms with Crippen LogP contribution in [0.25, 0.3) is 0 Å². The lowest BCUT2D eigenvalue weighted by atomic mass is 10.1. The number of nitrogens with one attached hydrogen (secondary N) is 1. The third-order valence-electron chi connectivity index (χ3n) is 6.24. The molecule has 1 atom stereocenters. The Balaban J connectivity index is 2.02. The number of hydrogen-bond acceptors (Lipinski definition) is 5. The topological polar surface area (TPSA) is 96.0 Å². The number of rotatable bonds is 12. The van der Waals surface area contributed by atoms with Crippen molar-refractivity contribution in [1.82, 2.24) is 10.2 Å². The van der Waals surface area contributed by atoms with Crippen LogP contribution in [0.5, 0.6) is 5.75 Å². The van der Waals surface area contributed by atoms with Crippen molar-refractivity contribution in [2.75, 3.05) is 24.0 Å². The third-order valence-corrected chi connectivity index (χ3v) is 8.02. The smallest absolute Gasteiger partial charge is 0.264 e. The van der Waals surface area contributed by atoms with Crippen LogP contribution in [0.3, 0.4) is 0 Å². The van der Waals surface area contributed by atoms with Gasteiger partial charge in [0.15, 0.2) is 0 Å². The second-order valence-corrected chi connectivity index (χ2v) is 10.8. The number of aryl methyl sites for hydroxylation is 1. The molecule has 1 N–H and O–H groups in total. The first-order valence-electron chi connectivity index (χ1n) is 12.7. The summed E-state index contributed by atoms with van der Waals surface area (Å²) in [5, 5.41) is 2.73. The normalized spacial score (nSPS) is 11.9. The molecule has 2 amide bonds. The van der Waals surface area contributed by atoms with Crippen molar-refractivity contribution < 1.29 is 27.1 Å². The van der Waals surface area contributed by atoms with Crippen molar-refractivity contribution in [2.45, 2.75) is 45.2 Å². The van der Waals surface area contributed by atoms with E-state index in [0.717, 1.165) is 27.6 Å². The van der Waals surface area contributed by atoms with Crippen molar-refractivity contribution in [2.24, 2.45) is 0 Å². The van der Waals surface area contributed by atoms with Gasteiger partial charge in [-0.25, -0.2) is 12.8 Å². The van der Waals surface area contributed by atoms with Crippen LogP contribution in [0, 0.1) is 12.7 Å². The molecule has 0 unspecified atom stereocenters. The summed E-state index contributed by atoms with van der Waals surface area (Å²) in [5.74, 6) is -0.992. The maximum atomic E-state index is 13.8. The maximum absolute atomic E-state index is 13.8. The van der Waals surface area contributed by atoms with Crippen LogP contribution in [0.2, 0.25) is 0 Å². The first kappa shape index (κ1) is 29.6. The van der Waals surface area contributed by atoms with Gasteiger partial charge >= 0.3 is 0 Å². The number of amides is 2. The molecule has 0 aliphatic carbocycles. The van der Waals surface area contributed by atoms with E-state index in [9.17, 15) is 22.4 Å². The van der Waals surface area contributed by atoms with Gasteiger partial charge in [-0.15, -0.1) is 0 Å². The Labute approximate surface area is 229 Å².